The third-order valence-electron chi connectivity index (χ3n) is 2.13. The molecule has 0 spiro atoms. The SMILES string of the molecule is CCCCC[C-](CC)CC.OP(O)(O)=S.OP(O)(O)=S.[Zn]. The maximum atomic E-state index is 7.56. The Morgan fingerprint density at radius 3 is 1.24 bits per heavy atom. The zero-order valence-electron chi connectivity index (χ0n) is 12.8. The Morgan fingerprint density at radius 1 is 0.762 bits per heavy atom. The van der Waals surface area contributed by atoms with Gasteiger partial charge in [0.1, 0.15) is 0 Å². The largest absolute Gasteiger partial charge is 0.325 e. The van der Waals surface area contributed by atoms with Crippen molar-refractivity contribution < 1.29 is 48.8 Å². The summed E-state index contributed by atoms with van der Waals surface area (Å²) in [6, 6.07) is 0. The predicted octanol–water partition coefficient (Wildman–Crippen LogP) is 2.33. The average Bonchev–Trinajstić information content (AvgIpc) is 2.20. The summed E-state index contributed by atoms with van der Waals surface area (Å²) in [5.74, 6) is 1.74. The molecular weight excluding hydrogens is 408 g/mol. The first kappa shape index (κ1) is 30.6. The quantitative estimate of drug-likeness (QED) is 0.163. The van der Waals surface area contributed by atoms with E-state index in [0.717, 1.165) is 0 Å². The van der Waals surface area contributed by atoms with Crippen LogP contribution in [0.5, 0.6) is 0 Å². The molecule has 0 amide bonds. The number of unbranched alkanes of at least 4 members (excludes halogenated alkanes) is 2. The molecule has 0 saturated carbocycles. The maximum Gasteiger partial charge on any atom is 0.319 e. The van der Waals surface area contributed by atoms with E-state index in [1.165, 1.54) is 38.5 Å². The van der Waals surface area contributed by atoms with E-state index < -0.39 is 13.4 Å². The molecule has 0 bridgehead atoms. The summed E-state index contributed by atoms with van der Waals surface area (Å²) < 4.78 is 0. The fourth-order valence-corrected chi connectivity index (χ4v) is 1.23. The topological polar surface area (TPSA) is 121 Å². The fraction of sp³-hybridized carbons (Fsp3) is 0.900. The van der Waals surface area contributed by atoms with Crippen LogP contribution in [0.3, 0.4) is 0 Å². The van der Waals surface area contributed by atoms with Gasteiger partial charge in [0, 0.05) is 19.5 Å². The standard InChI is InChI=1S/C10H21.2H3O3PS.Zn/c1-4-7-8-9-10(5-2)6-3;2*1-4(2,3)5;/h4-9H2,1-3H3;2*(H3,1,2,3,5);/q-1;;;. The van der Waals surface area contributed by atoms with Gasteiger partial charge in [-0.25, -0.2) is 0 Å². The van der Waals surface area contributed by atoms with E-state index in [1.54, 1.807) is 5.92 Å². The normalized spacial score (nSPS) is 10.8. The second-order valence-corrected chi connectivity index (χ2v) is 8.93. The van der Waals surface area contributed by atoms with E-state index in [2.05, 4.69) is 44.4 Å². The summed E-state index contributed by atoms with van der Waals surface area (Å²) in [7, 11) is 0. The minimum Gasteiger partial charge on any atom is -0.325 e. The second kappa shape index (κ2) is 18.0. The zero-order valence-corrected chi connectivity index (χ0v) is 19.2. The molecule has 0 saturated heterocycles. The molecule has 0 aliphatic rings. The fourth-order valence-electron chi connectivity index (χ4n) is 1.23. The van der Waals surface area contributed by atoms with Gasteiger partial charge in [-0.3, -0.25) is 0 Å². The Labute approximate surface area is 150 Å². The van der Waals surface area contributed by atoms with Gasteiger partial charge in [-0.15, -0.1) is 0 Å². The van der Waals surface area contributed by atoms with Crippen molar-refractivity contribution in [1.29, 1.82) is 0 Å². The van der Waals surface area contributed by atoms with E-state index in [-0.39, 0.29) is 19.5 Å². The summed E-state index contributed by atoms with van der Waals surface area (Å²) in [6.45, 7) is -0.812. The molecule has 21 heavy (non-hydrogen) atoms. The van der Waals surface area contributed by atoms with Crippen molar-refractivity contribution >= 4 is 37.1 Å². The van der Waals surface area contributed by atoms with E-state index in [4.69, 9.17) is 29.4 Å². The first-order valence-electron chi connectivity index (χ1n) is 6.25. The van der Waals surface area contributed by atoms with Crippen molar-refractivity contribution in [3.05, 3.63) is 5.92 Å². The van der Waals surface area contributed by atoms with Crippen LogP contribution in [0, 0.1) is 5.92 Å². The third kappa shape index (κ3) is 73.6. The molecule has 0 rings (SSSR count). The molecule has 0 aromatic rings. The van der Waals surface area contributed by atoms with Crippen molar-refractivity contribution in [3.63, 3.8) is 0 Å². The van der Waals surface area contributed by atoms with Crippen molar-refractivity contribution in [3.8, 4) is 0 Å². The van der Waals surface area contributed by atoms with E-state index in [9.17, 15) is 0 Å². The summed E-state index contributed by atoms with van der Waals surface area (Å²) >= 11 is 7.21. The van der Waals surface area contributed by atoms with Crippen LogP contribution >= 0.6 is 13.4 Å². The van der Waals surface area contributed by atoms with Gasteiger partial charge in [-0.05, 0) is 23.6 Å². The summed E-state index contributed by atoms with van der Waals surface area (Å²) in [4.78, 5) is 45.3. The predicted molar refractivity (Wildman–Crippen MR) is 89.8 cm³/mol. The zero-order chi connectivity index (χ0) is 16.8. The maximum absolute atomic E-state index is 7.56. The van der Waals surface area contributed by atoms with Crippen LogP contribution in [-0.2, 0) is 43.1 Å². The molecule has 0 aliphatic carbocycles. The Kier molecular flexibility index (Phi) is 26.2. The van der Waals surface area contributed by atoms with Gasteiger partial charge >= 0.3 is 13.4 Å². The molecule has 6 nitrogen and oxygen atoms in total. The van der Waals surface area contributed by atoms with Gasteiger partial charge < -0.3 is 35.3 Å². The minimum absolute atomic E-state index is 0. The van der Waals surface area contributed by atoms with Crippen LogP contribution in [0.15, 0.2) is 0 Å². The Hall–Kier alpha value is 1.68. The molecule has 6 N–H and O–H groups in total. The summed E-state index contributed by atoms with van der Waals surface area (Å²) in [6.07, 6.45) is 8.12. The van der Waals surface area contributed by atoms with Crippen molar-refractivity contribution in [2.24, 2.45) is 0 Å². The van der Waals surface area contributed by atoms with E-state index >= 15 is 0 Å². The van der Waals surface area contributed by atoms with Crippen molar-refractivity contribution in [2.45, 2.75) is 59.3 Å². The monoisotopic (exact) mass is 433 g/mol. The Bertz CT molecular complexity index is 257. The smallest absolute Gasteiger partial charge is 0.319 e. The van der Waals surface area contributed by atoms with Crippen molar-refractivity contribution in [2.75, 3.05) is 0 Å². The molecule has 0 radical (unpaired) electrons. The first-order valence-corrected chi connectivity index (χ1v) is 11.6. The molecular formula is C10H27O6P2S2Zn-. The molecule has 11 heteroatoms. The van der Waals surface area contributed by atoms with E-state index in [0.29, 0.717) is 0 Å². The minimum atomic E-state index is -3.81. The second-order valence-electron chi connectivity index (χ2n) is 3.94. The number of hydrogen-bond donors (Lipinski definition) is 6. The molecule has 128 valence electrons. The van der Waals surface area contributed by atoms with Crippen LogP contribution < -0.4 is 0 Å². The summed E-state index contributed by atoms with van der Waals surface area (Å²) in [5, 5.41) is 0. The molecule has 0 unspecified atom stereocenters. The van der Waals surface area contributed by atoms with Crippen LogP contribution in [0.4, 0.5) is 0 Å². The Morgan fingerprint density at radius 2 is 1.05 bits per heavy atom. The van der Waals surface area contributed by atoms with Crippen molar-refractivity contribution in [1.82, 2.24) is 0 Å². The van der Waals surface area contributed by atoms with Crippen LogP contribution in [0.1, 0.15) is 59.3 Å². The van der Waals surface area contributed by atoms with Gasteiger partial charge in [0.2, 0.25) is 0 Å². The first-order chi connectivity index (χ1) is 8.85. The van der Waals surface area contributed by atoms with Gasteiger partial charge in [0.25, 0.3) is 0 Å². The molecule has 0 aromatic heterocycles. The number of rotatable bonds is 6. The van der Waals surface area contributed by atoms with Crippen LogP contribution in [0.25, 0.3) is 0 Å². The van der Waals surface area contributed by atoms with E-state index in [1.807, 2.05) is 0 Å². The molecule has 0 aliphatic heterocycles. The molecule has 0 fully saturated rings. The van der Waals surface area contributed by atoms with Gasteiger partial charge in [-0.2, -0.15) is 19.3 Å². The summed E-state index contributed by atoms with van der Waals surface area (Å²) in [5.41, 5.74) is 0. The molecule has 0 atom stereocenters. The number of hydrogen-bond acceptors (Lipinski definition) is 2. The Balaban J connectivity index is -0.000000112. The van der Waals surface area contributed by atoms with Crippen LogP contribution in [0.2, 0.25) is 0 Å². The van der Waals surface area contributed by atoms with Gasteiger partial charge in [0.05, 0.1) is 0 Å². The molecule has 0 aromatic carbocycles. The third-order valence-corrected chi connectivity index (χ3v) is 2.13. The molecule has 0 heterocycles. The average molecular weight is 435 g/mol. The van der Waals surface area contributed by atoms with Gasteiger partial charge in [0.15, 0.2) is 0 Å². The van der Waals surface area contributed by atoms with Gasteiger partial charge in [-0.1, -0.05) is 40.0 Å². The van der Waals surface area contributed by atoms with Crippen LogP contribution in [-0.4, -0.2) is 29.4 Å².